The first-order valence-corrected chi connectivity index (χ1v) is 8.90. The molecule has 2 aromatic rings. The van der Waals surface area contributed by atoms with Gasteiger partial charge in [-0.15, -0.1) is 0 Å². The lowest BCUT2D eigenvalue weighted by molar-refractivity contribution is -0.0819. The first-order chi connectivity index (χ1) is 12.3. The van der Waals surface area contributed by atoms with Crippen LogP contribution in [0, 0.1) is 5.82 Å². The van der Waals surface area contributed by atoms with Crippen molar-refractivity contribution < 1.29 is 13.9 Å². The predicted molar refractivity (Wildman–Crippen MR) is 92.4 cm³/mol. The van der Waals surface area contributed by atoms with E-state index < -0.39 is 0 Å². The molecule has 25 heavy (non-hydrogen) atoms. The molecule has 0 bridgehead atoms. The van der Waals surface area contributed by atoms with E-state index in [1.54, 1.807) is 18.3 Å². The van der Waals surface area contributed by atoms with E-state index in [1.165, 1.54) is 6.07 Å². The minimum absolute atomic E-state index is 0.0408. The van der Waals surface area contributed by atoms with Gasteiger partial charge in [-0.25, -0.2) is 4.39 Å². The second-order valence-corrected chi connectivity index (χ2v) is 6.82. The van der Waals surface area contributed by atoms with Gasteiger partial charge in [-0.1, -0.05) is 18.2 Å². The fourth-order valence-electron chi connectivity index (χ4n) is 3.89. The smallest absolute Gasteiger partial charge is 0.123 e. The summed E-state index contributed by atoms with van der Waals surface area (Å²) >= 11 is 0. The highest BCUT2D eigenvalue weighted by Crippen LogP contribution is 2.32. The highest BCUT2D eigenvalue weighted by atomic mass is 19.1. The topological polar surface area (TPSA) is 34.6 Å². The zero-order chi connectivity index (χ0) is 17.1. The quantitative estimate of drug-likeness (QED) is 0.836. The van der Waals surface area contributed by atoms with Crippen LogP contribution in [0.2, 0.25) is 0 Å². The van der Waals surface area contributed by atoms with Crippen molar-refractivity contribution in [1.82, 2.24) is 9.88 Å². The Labute approximate surface area is 147 Å². The lowest BCUT2D eigenvalue weighted by Crippen LogP contribution is -2.41. The molecule has 0 aliphatic carbocycles. The Kier molecular flexibility index (Phi) is 5.06. The van der Waals surface area contributed by atoms with E-state index in [0.717, 1.165) is 43.7 Å². The summed E-state index contributed by atoms with van der Waals surface area (Å²) in [6.07, 6.45) is 5.90. The number of halogens is 1. The second-order valence-electron chi connectivity index (χ2n) is 6.82. The summed E-state index contributed by atoms with van der Waals surface area (Å²) < 4.78 is 25.7. The highest BCUT2D eigenvalue weighted by Gasteiger charge is 2.44. The van der Waals surface area contributed by atoms with Crippen molar-refractivity contribution >= 4 is 0 Å². The average Bonchev–Trinajstić information content (AvgIpc) is 2.99. The van der Waals surface area contributed by atoms with Crippen molar-refractivity contribution in [1.29, 1.82) is 0 Å². The number of aromatic nitrogens is 1. The van der Waals surface area contributed by atoms with E-state index in [0.29, 0.717) is 12.6 Å². The van der Waals surface area contributed by atoms with Crippen molar-refractivity contribution in [2.24, 2.45) is 0 Å². The fourth-order valence-corrected chi connectivity index (χ4v) is 3.89. The van der Waals surface area contributed by atoms with E-state index in [9.17, 15) is 4.39 Å². The number of hydrogen-bond donors (Lipinski definition) is 0. The van der Waals surface area contributed by atoms with Gasteiger partial charge >= 0.3 is 0 Å². The van der Waals surface area contributed by atoms with Crippen LogP contribution < -0.4 is 0 Å². The van der Waals surface area contributed by atoms with Crippen molar-refractivity contribution in [3.05, 3.63) is 65.7 Å². The molecule has 2 aliphatic rings. The summed E-state index contributed by atoms with van der Waals surface area (Å²) in [4.78, 5) is 6.51. The summed E-state index contributed by atoms with van der Waals surface area (Å²) in [6.45, 7) is 2.88. The van der Waals surface area contributed by atoms with Crippen LogP contribution >= 0.6 is 0 Å². The molecule has 0 saturated carbocycles. The molecule has 2 saturated heterocycles. The van der Waals surface area contributed by atoms with Crippen LogP contribution in [0.3, 0.4) is 0 Å². The highest BCUT2D eigenvalue weighted by molar-refractivity contribution is 5.17. The maximum Gasteiger partial charge on any atom is 0.123 e. The van der Waals surface area contributed by atoms with Gasteiger partial charge in [0.05, 0.1) is 12.7 Å². The number of likely N-dealkylation sites (tertiary alicyclic amines) is 1. The van der Waals surface area contributed by atoms with Gasteiger partial charge in [-0.2, -0.15) is 0 Å². The molecule has 4 nitrogen and oxygen atoms in total. The summed E-state index contributed by atoms with van der Waals surface area (Å²) in [6, 6.07) is 11.1. The Hall–Kier alpha value is -1.82. The van der Waals surface area contributed by atoms with Crippen LogP contribution in [-0.2, 0) is 22.6 Å². The predicted octanol–water partition coefficient (Wildman–Crippen LogP) is 3.17. The van der Waals surface area contributed by atoms with Gasteiger partial charge in [-0.05, 0) is 42.2 Å². The molecule has 5 heteroatoms. The van der Waals surface area contributed by atoms with Gasteiger partial charge in [-0.3, -0.25) is 9.88 Å². The van der Waals surface area contributed by atoms with Gasteiger partial charge in [0.15, 0.2) is 0 Å². The lowest BCUT2D eigenvalue weighted by atomic mass is 10.0. The normalized spacial score (nSPS) is 26.5. The van der Waals surface area contributed by atoms with E-state index in [1.807, 2.05) is 24.4 Å². The molecule has 2 fully saturated rings. The first-order valence-electron chi connectivity index (χ1n) is 8.90. The maximum atomic E-state index is 13.5. The zero-order valence-corrected chi connectivity index (χ0v) is 14.2. The minimum atomic E-state index is -0.183. The molecule has 0 amide bonds. The molecule has 1 aromatic heterocycles. The fraction of sp³-hybridized carbons (Fsp3) is 0.450. The summed E-state index contributed by atoms with van der Waals surface area (Å²) in [5, 5.41) is 0. The average molecular weight is 342 g/mol. The Morgan fingerprint density at radius 3 is 3.00 bits per heavy atom. The molecular weight excluding hydrogens is 319 g/mol. The van der Waals surface area contributed by atoms with Crippen molar-refractivity contribution in [2.75, 3.05) is 13.2 Å². The third-order valence-electron chi connectivity index (χ3n) is 5.05. The van der Waals surface area contributed by atoms with E-state index >= 15 is 0 Å². The molecule has 4 rings (SSSR count). The van der Waals surface area contributed by atoms with Crippen molar-refractivity contribution in [2.45, 2.75) is 44.2 Å². The second kappa shape index (κ2) is 7.60. The Morgan fingerprint density at radius 2 is 2.16 bits per heavy atom. The summed E-state index contributed by atoms with van der Waals surface area (Å²) in [5.41, 5.74) is 2.07. The Balaban J connectivity index is 1.44. The first kappa shape index (κ1) is 16.6. The van der Waals surface area contributed by atoms with Gasteiger partial charge in [0.2, 0.25) is 0 Å². The van der Waals surface area contributed by atoms with E-state index in [4.69, 9.17) is 9.47 Å². The molecule has 3 atom stereocenters. The maximum absolute atomic E-state index is 13.5. The van der Waals surface area contributed by atoms with E-state index in [2.05, 4.69) is 9.88 Å². The number of benzene rings is 1. The molecule has 0 radical (unpaired) electrons. The summed E-state index contributed by atoms with van der Waals surface area (Å²) in [5.74, 6) is -0.183. The molecule has 0 spiro atoms. The minimum Gasteiger partial charge on any atom is -0.374 e. The van der Waals surface area contributed by atoms with Gasteiger partial charge in [0.1, 0.15) is 11.9 Å². The monoisotopic (exact) mass is 342 g/mol. The van der Waals surface area contributed by atoms with Gasteiger partial charge in [0.25, 0.3) is 0 Å². The lowest BCUT2D eigenvalue weighted by Gasteiger charge is -2.32. The zero-order valence-electron chi connectivity index (χ0n) is 14.2. The van der Waals surface area contributed by atoms with Crippen LogP contribution in [0.5, 0.6) is 0 Å². The Morgan fingerprint density at radius 1 is 1.24 bits per heavy atom. The molecule has 132 valence electrons. The number of fused-ring (bicyclic) bond motifs is 1. The molecule has 2 aliphatic heterocycles. The Bertz CT molecular complexity index is 697. The third kappa shape index (κ3) is 3.89. The molecule has 3 heterocycles. The summed E-state index contributed by atoms with van der Waals surface area (Å²) in [7, 11) is 0. The molecule has 0 unspecified atom stereocenters. The largest absolute Gasteiger partial charge is 0.374 e. The van der Waals surface area contributed by atoms with Gasteiger partial charge < -0.3 is 9.47 Å². The van der Waals surface area contributed by atoms with Crippen molar-refractivity contribution in [3.8, 4) is 0 Å². The van der Waals surface area contributed by atoms with Crippen LogP contribution in [0.25, 0.3) is 0 Å². The number of rotatable bonds is 5. The van der Waals surface area contributed by atoms with Crippen LogP contribution in [0.4, 0.5) is 4.39 Å². The molecular formula is C20H23FN2O2. The number of ether oxygens (including phenoxy) is 2. The molecule has 0 N–H and O–H groups in total. The van der Waals surface area contributed by atoms with Crippen LogP contribution in [0.1, 0.15) is 24.0 Å². The van der Waals surface area contributed by atoms with E-state index in [-0.39, 0.29) is 18.0 Å². The number of pyridine rings is 1. The molecule has 1 aromatic carbocycles. The van der Waals surface area contributed by atoms with Crippen LogP contribution in [-0.4, -0.2) is 41.3 Å². The van der Waals surface area contributed by atoms with Crippen molar-refractivity contribution in [3.63, 3.8) is 0 Å². The third-order valence-corrected chi connectivity index (χ3v) is 5.05. The SMILES string of the molecule is Fc1cccc(CN2C[C@H](OCc3cccnc3)[C@H]3OCCC[C@H]32)c1. The number of hydrogen-bond acceptors (Lipinski definition) is 4. The van der Waals surface area contributed by atoms with Gasteiger partial charge in [0, 0.05) is 38.1 Å². The standard InChI is InChI=1S/C20H23FN2O2/c21-17-6-1-4-15(10-17)12-23-13-19(20-18(23)7-3-9-24-20)25-14-16-5-2-8-22-11-16/h1-2,4-6,8,10-11,18-20H,3,7,9,12-14H2/t18-,19+,20+/m1/s1. The number of nitrogens with zero attached hydrogens (tertiary/aromatic N) is 2. The van der Waals surface area contributed by atoms with Crippen LogP contribution in [0.15, 0.2) is 48.8 Å².